The van der Waals surface area contributed by atoms with Crippen LogP contribution in [0.15, 0.2) is 24.3 Å². The summed E-state index contributed by atoms with van der Waals surface area (Å²) >= 11 is 5.90. The highest BCUT2D eigenvalue weighted by Gasteiger charge is 2.20. The molecule has 1 aromatic carbocycles. The number of rotatable bonds is 5. The number of nitrogens with zero attached hydrogens (tertiary/aromatic N) is 1. The van der Waals surface area contributed by atoms with Crippen LogP contribution < -0.4 is 10.6 Å². The first kappa shape index (κ1) is 18.2. The van der Waals surface area contributed by atoms with E-state index in [0.29, 0.717) is 11.6 Å². The summed E-state index contributed by atoms with van der Waals surface area (Å²) in [6.07, 6.45) is 2.32. The van der Waals surface area contributed by atoms with Crippen LogP contribution >= 0.6 is 24.0 Å². The predicted molar refractivity (Wildman–Crippen MR) is 90.4 cm³/mol. The minimum Gasteiger partial charge on any atom is -0.325 e. The van der Waals surface area contributed by atoms with Crippen molar-refractivity contribution < 1.29 is 4.79 Å². The van der Waals surface area contributed by atoms with Gasteiger partial charge in [0.05, 0.1) is 6.54 Å². The summed E-state index contributed by atoms with van der Waals surface area (Å²) in [5.74, 6) is 0.770. The Morgan fingerprint density at radius 2 is 2.10 bits per heavy atom. The van der Waals surface area contributed by atoms with Gasteiger partial charge in [-0.2, -0.15) is 0 Å². The number of carbonyl (C=O) groups excluding carboxylic acids is 1. The number of hydrogen-bond donors (Lipinski definition) is 2. The first-order valence-corrected chi connectivity index (χ1v) is 7.47. The lowest BCUT2D eigenvalue weighted by molar-refractivity contribution is -0.117. The Labute approximate surface area is 137 Å². The van der Waals surface area contributed by atoms with Crippen LogP contribution in [0.3, 0.4) is 0 Å². The molecule has 0 spiro atoms. The molecule has 1 saturated heterocycles. The van der Waals surface area contributed by atoms with Crippen LogP contribution in [0.25, 0.3) is 0 Å². The van der Waals surface area contributed by atoms with E-state index in [1.54, 1.807) is 12.1 Å². The second-order valence-electron chi connectivity index (χ2n) is 5.34. The molecular weight excluding hydrogens is 309 g/mol. The molecule has 4 nitrogen and oxygen atoms in total. The van der Waals surface area contributed by atoms with Crippen molar-refractivity contribution >= 4 is 35.6 Å². The second kappa shape index (κ2) is 9.26. The van der Waals surface area contributed by atoms with Crippen molar-refractivity contribution in [2.24, 2.45) is 5.92 Å². The quantitative estimate of drug-likeness (QED) is 0.871. The minimum absolute atomic E-state index is 0. The van der Waals surface area contributed by atoms with Crippen LogP contribution in [0.1, 0.15) is 12.8 Å². The van der Waals surface area contributed by atoms with E-state index >= 15 is 0 Å². The van der Waals surface area contributed by atoms with Gasteiger partial charge >= 0.3 is 0 Å². The largest absolute Gasteiger partial charge is 0.325 e. The summed E-state index contributed by atoms with van der Waals surface area (Å²) in [5.41, 5.74) is 0.757. The molecule has 21 heavy (non-hydrogen) atoms. The number of amides is 1. The lowest BCUT2D eigenvalue weighted by atomic mass is 9.97. The highest BCUT2D eigenvalue weighted by molar-refractivity contribution is 6.30. The highest BCUT2D eigenvalue weighted by atomic mass is 35.5. The fourth-order valence-corrected chi connectivity index (χ4v) is 2.80. The number of nitrogens with one attached hydrogen (secondary N) is 2. The van der Waals surface area contributed by atoms with Crippen LogP contribution in [0.4, 0.5) is 5.69 Å². The van der Waals surface area contributed by atoms with Gasteiger partial charge in [0.2, 0.25) is 5.91 Å². The third-order valence-corrected chi connectivity index (χ3v) is 3.91. The van der Waals surface area contributed by atoms with Crippen molar-refractivity contribution in [1.82, 2.24) is 10.2 Å². The highest BCUT2D eigenvalue weighted by Crippen LogP contribution is 2.17. The summed E-state index contributed by atoms with van der Waals surface area (Å²) in [7, 11) is 1.99. The van der Waals surface area contributed by atoms with E-state index in [0.717, 1.165) is 44.1 Å². The van der Waals surface area contributed by atoms with Gasteiger partial charge in [-0.25, -0.2) is 0 Å². The van der Waals surface area contributed by atoms with Crippen LogP contribution in [0.5, 0.6) is 0 Å². The molecule has 0 saturated carbocycles. The Bertz CT molecular complexity index is 448. The second-order valence-corrected chi connectivity index (χ2v) is 5.77. The molecule has 0 bridgehead atoms. The topological polar surface area (TPSA) is 44.4 Å². The van der Waals surface area contributed by atoms with E-state index in [4.69, 9.17) is 11.6 Å². The fraction of sp³-hybridized carbons (Fsp3) is 0.533. The Kier molecular flexibility index (Phi) is 8.04. The van der Waals surface area contributed by atoms with E-state index < -0.39 is 0 Å². The van der Waals surface area contributed by atoms with Crippen molar-refractivity contribution in [3.63, 3.8) is 0 Å². The first-order valence-electron chi connectivity index (χ1n) is 7.10. The van der Waals surface area contributed by atoms with Gasteiger partial charge in [0, 0.05) is 10.7 Å². The molecular formula is C15H23Cl2N3O. The van der Waals surface area contributed by atoms with Crippen molar-refractivity contribution in [3.8, 4) is 0 Å². The summed E-state index contributed by atoms with van der Waals surface area (Å²) < 4.78 is 0. The monoisotopic (exact) mass is 331 g/mol. The number of hydrogen-bond acceptors (Lipinski definition) is 3. The molecule has 2 rings (SSSR count). The van der Waals surface area contributed by atoms with Gasteiger partial charge in [0.1, 0.15) is 0 Å². The van der Waals surface area contributed by atoms with E-state index in [9.17, 15) is 4.79 Å². The number of likely N-dealkylation sites (tertiary alicyclic amines) is 1. The maximum absolute atomic E-state index is 12.0. The molecule has 0 aromatic heterocycles. The standard InChI is InChI=1S/C15H22ClN3O.ClH/c1-17-10-12-5-7-19(8-6-12)11-15(20)18-14-4-2-3-13(16)9-14;/h2-4,9,12,17H,5-8,10-11H2,1H3,(H,18,20);1H. The Balaban J connectivity index is 0.00000220. The van der Waals surface area contributed by atoms with Gasteiger partial charge in [0.25, 0.3) is 0 Å². The molecule has 1 aliphatic heterocycles. The molecule has 1 amide bonds. The van der Waals surface area contributed by atoms with Gasteiger partial charge in [0.15, 0.2) is 0 Å². The van der Waals surface area contributed by atoms with Crippen molar-refractivity contribution in [1.29, 1.82) is 0 Å². The molecule has 1 heterocycles. The van der Waals surface area contributed by atoms with Crippen LogP contribution in [0, 0.1) is 5.92 Å². The van der Waals surface area contributed by atoms with E-state index in [1.807, 2.05) is 19.2 Å². The molecule has 0 atom stereocenters. The fourth-order valence-electron chi connectivity index (χ4n) is 2.61. The SMILES string of the molecule is CNCC1CCN(CC(=O)Nc2cccc(Cl)c2)CC1.Cl. The summed E-state index contributed by atoms with van der Waals surface area (Å²) in [6, 6.07) is 7.24. The third kappa shape index (κ3) is 6.22. The zero-order valence-electron chi connectivity index (χ0n) is 12.3. The molecule has 1 fully saturated rings. The Morgan fingerprint density at radius 3 is 2.71 bits per heavy atom. The minimum atomic E-state index is 0. The van der Waals surface area contributed by atoms with Crippen LogP contribution in [0.2, 0.25) is 5.02 Å². The van der Waals surface area contributed by atoms with E-state index in [1.165, 1.54) is 0 Å². The van der Waals surface area contributed by atoms with Crippen LogP contribution in [-0.2, 0) is 4.79 Å². The summed E-state index contributed by atoms with van der Waals surface area (Å²) in [4.78, 5) is 14.2. The predicted octanol–water partition coefficient (Wildman–Crippen LogP) is 2.63. The van der Waals surface area contributed by atoms with Crippen LogP contribution in [-0.4, -0.2) is 44.0 Å². The van der Waals surface area contributed by atoms with Crippen molar-refractivity contribution in [2.75, 3.05) is 38.5 Å². The number of carbonyl (C=O) groups is 1. The van der Waals surface area contributed by atoms with Gasteiger partial charge < -0.3 is 10.6 Å². The molecule has 118 valence electrons. The zero-order chi connectivity index (χ0) is 14.4. The average molecular weight is 332 g/mol. The maximum atomic E-state index is 12.0. The van der Waals surface area contributed by atoms with E-state index in [-0.39, 0.29) is 18.3 Å². The lowest BCUT2D eigenvalue weighted by Crippen LogP contribution is -2.40. The van der Waals surface area contributed by atoms with E-state index in [2.05, 4.69) is 15.5 Å². The Hall–Kier alpha value is -0.810. The summed E-state index contributed by atoms with van der Waals surface area (Å²) in [6.45, 7) is 3.52. The molecule has 6 heteroatoms. The lowest BCUT2D eigenvalue weighted by Gasteiger charge is -2.31. The number of piperidine rings is 1. The van der Waals surface area contributed by atoms with Crippen molar-refractivity contribution in [3.05, 3.63) is 29.3 Å². The molecule has 0 radical (unpaired) electrons. The Morgan fingerprint density at radius 1 is 1.38 bits per heavy atom. The molecule has 1 aromatic rings. The first-order chi connectivity index (χ1) is 9.67. The zero-order valence-corrected chi connectivity index (χ0v) is 13.8. The van der Waals surface area contributed by atoms with Gasteiger partial charge in [-0.1, -0.05) is 17.7 Å². The van der Waals surface area contributed by atoms with Gasteiger partial charge in [-0.3, -0.25) is 9.69 Å². The molecule has 0 unspecified atom stereocenters. The average Bonchev–Trinajstić information content (AvgIpc) is 2.41. The van der Waals surface area contributed by atoms with Gasteiger partial charge in [-0.05, 0) is 63.6 Å². The molecule has 2 N–H and O–H groups in total. The number of halogens is 2. The van der Waals surface area contributed by atoms with Gasteiger partial charge in [-0.15, -0.1) is 12.4 Å². The molecule has 1 aliphatic rings. The smallest absolute Gasteiger partial charge is 0.238 e. The maximum Gasteiger partial charge on any atom is 0.238 e. The van der Waals surface area contributed by atoms with Crippen molar-refractivity contribution in [2.45, 2.75) is 12.8 Å². The summed E-state index contributed by atoms with van der Waals surface area (Å²) in [5, 5.41) is 6.74. The number of benzene rings is 1. The normalized spacial score (nSPS) is 16.3. The number of anilines is 1. The molecule has 0 aliphatic carbocycles. The third-order valence-electron chi connectivity index (χ3n) is 3.68.